The van der Waals surface area contributed by atoms with E-state index in [1.54, 1.807) is 24.3 Å². The molecular formula is C18H20CuN2O6. The number of carboxylic acids is 2. The van der Waals surface area contributed by atoms with Crippen molar-refractivity contribution >= 4 is 11.9 Å². The first-order chi connectivity index (χ1) is 12.2. The van der Waals surface area contributed by atoms with E-state index in [0.717, 1.165) is 11.1 Å². The Kier molecular flexibility index (Phi) is 10.8. The topological polar surface area (TPSA) is 173 Å². The normalized spacial score (nSPS) is 11.9. The molecule has 0 aliphatic carbocycles. The van der Waals surface area contributed by atoms with Gasteiger partial charge in [0.25, 0.3) is 0 Å². The molecule has 2 rings (SSSR count). The number of phenols is 2. The van der Waals surface area contributed by atoms with Crippen LogP contribution in [0.15, 0.2) is 48.5 Å². The number of carboxylic acid groups (broad SMARTS) is 2. The Morgan fingerprint density at radius 1 is 0.741 bits per heavy atom. The Morgan fingerprint density at radius 2 is 1.00 bits per heavy atom. The summed E-state index contributed by atoms with van der Waals surface area (Å²) in [7, 11) is 0. The number of aromatic hydroxyl groups is 2. The van der Waals surface area contributed by atoms with Crippen molar-refractivity contribution in [2.75, 3.05) is 0 Å². The van der Waals surface area contributed by atoms with E-state index < -0.39 is 24.0 Å². The molecule has 0 aromatic heterocycles. The monoisotopic (exact) mass is 423 g/mol. The van der Waals surface area contributed by atoms with E-state index in [-0.39, 0.29) is 41.4 Å². The van der Waals surface area contributed by atoms with E-state index in [4.69, 9.17) is 21.7 Å². The van der Waals surface area contributed by atoms with Crippen molar-refractivity contribution in [3.8, 4) is 11.5 Å². The third-order valence-corrected chi connectivity index (χ3v) is 3.39. The van der Waals surface area contributed by atoms with Crippen LogP contribution in [-0.4, -0.2) is 34.2 Å². The number of hydrogen-bond donors (Lipinski definition) is 4. The number of phenolic OH excluding ortho intramolecular Hbond substituents is 2. The summed E-state index contributed by atoms with van der Waals surface area (Å²) in [6.07, 6.45) is 0.422. The Hall–Kier alpha value is -2.58. The molecule has 0 aliphatic heterocycles. The summed E-state index contributed by atoms with van der Waals surface area (Å²) in [5.74, 6) is -2.25. The fourth-order valence-corrected chi connectivity index (χ4v) is 1.94. The third kappa shape index (κ3) is 9.62. The van der Waals surface area contributed by atoms with Gasteiger partial charge < -0.3 is 41.5 Å². The van der Waals surface area contributed by atoms with Crippen LogP contribution in [0.5, 0.6) is 11.5 Å². The Bertz CT molecular complexity index is 658. The summed E-state index contributed by atoms with van der Waals surface area (Å²) >= 11 is 0. The van der Waals surface area contributed by atoms with Crippen molar-refractivity contribution in [2.24, 2.45) is 11.5 Å². The molecule has 6 N–H and O–H groups in total. The maximum absolute atomic E-state index is 10.3. The van der Waals surface area contributed by atoms with Crippen LogP contribution in [0.2, 0.25) is 0 Å². The van der Waals surface area contributed by atoms with Gasteiger partial charge in [0.05, 0.1) is 11.9 Å². The quantitative estimate of drug-likeness (QED) is 0.387. The summed E-state index contributed by atoms with van der Waals surface area (Å²) < 4.78 is 0. The minimum absolute atomic E-state index is 0. The molecule has 2 aromatic carbocycles. The van der Waals surface area contributed by atoms with Gasteiger partial charge in [-0.25, -0.2) is 0 Å². The molecule has 2 atom stereocenters. The second-order valence-electron chi connectivity index (χ2n) is 5.59. The van der Waals surface area contributed by atoms with Crippen LogP contribution < -0.4 is 21.7 Å². The van der Waals surface area contributed by atoms with Gasteiger partial charge in [0.2, 0.25) is 0 Å². The average Bonchev–Trinajstić information content (AvgIpc) is 2.59. The number of hydrogen-bond acceptors (Lipinski definition) is 8. The van der Waals surface area contributed by atoms with Crippen molar-refractivity contribution < 1.29 is 47.1 Å². The van der Waals surface area contributed by atoms with Gasteiger partial charge in [0.15, 0.2) is 0 Å². The van der Waals surface area contributed by atoms with Crippen LogP contribution >= 0.6 is 0 Å². The fraction of sp³-hybridized carbons (Fsp3) is 0.222. The van der Waals surface area contributed by atoms with Crippen molar-refractivity contribution in [1.29, 1.82) is 0 Å². The van der Waals surface area contributed by atoms with Gasteiger partial charge in [-0.3, -0.25) is 0 Å². The van der Waals surface area contributed by atoms with E-state index >= 15 is 0 Å². The van der Waals surface area contributed by atoms with Crippen LogP contribution in [0.4, 0.5) is 0 Å². The average molecular weight is 424 g/mol. The van der Waals surface area contributed by atoms with Crippen LogP contribution in [-0.2, 0) is 39.5 Å². The largest absolute Gasteiger partial charge is 2.00 e. The standard InChI is InChI=1S/2C9H11NO3.Cu/c2*10-8(9(12)13)5-6-1-3-7(11)4-2-6;/h2*1-4,8,11H,5,10H2,(H,12,13);/q;;+2/p-2/t2*8-;/m00./s1. The number of rotatable bonds is 6. The predicted octanol–water partition coefficient (Wildman–Crippen LogP) is -1.98. The van der Waals surface area contributed by atoms with E-state index in [1.807, 2.05) is 0 Å². The van der Waals surface area contributed by atoms with Gasteiger partial charge >= 0.3 is 17.1 Å². The van der Waals surface area contributed by atoms with Gasteiger partial charge in [0, 0.05) is 12.1 Å². The Labute approximate surface area is 166 Å². The van der Waals surface area contributed by atoms with Gasteiger partial charge in [-0.2, -0.15) is 0 Å². The zero-order valence-corrected chi connectivity index (χ0v) is 15.1. The zero-order chi connectivity index (χ0) is 19.7. The SMILES string of the molecule is N[C@@H](Cc1ccc(O)cc1)C(=O)[O-].N[C@@H](Cc1ccc(O)cc1)C(=O)[O-].[Cu+2]. The van der Waals surface area contributed by atoms with Crippen molar-refractivity contribution in [2.45, 2.75) is 24.9 Å². The van der Waals surface area contributed by atoms with Gasteiger partial charge in [-0.05, 0) is 48.2 Å². The summed E-state index contributed by atoms with van der Waals surface area (Å²) in [5.41, 5.74) is 12.0. The molecule has 9 heteroatoms. The first-order valence-corrected chi connectivity index (χ1v) is 7.67. The molecule has 0 aliphatic rings. The molecular weight excluding hydrogens is 404 g/mol. The molecule has 0 heterocycles. The van der Waals surface area contributed by atoms with Crippen molar-refractivity contribution in [1.82, 2.24) is 0 Å². The first kappa shape index (κ1) is 24.4. The molecule has 0 amide bonds. The maximum Gasteiger partial charge on any atom is 2.00 e. The molecule has 0 saturated heterocycles. The fourth-order valence-electron chi connectivity index (χ4n) is 1.94. The van der Waals surface area contributed by atoms with Crippen molar-refractivity contribution in [3.05, 3.63) is 59.7 Å². The van der Waals surface area contributed by atoms with Crippen LogP contribution in [0.3, 0.4) is 0 Å². The molecule has 0 bridgehead atoms. The molecule has 0 unspecified atom stereocenters. The van der Waals surface area contributed by atoms with E-state index in [0.29, 0.717) is 0 Å². The summed E-state index contributed by atoms with van der Waals surface area (Å²) in [6, 6.07) is 10.4. The second-order valence-corrected chi connectivity index (χ2v) is 5.59. The minimum Gasteiger partial charge on any atom is -0.548 e. The van der Waals surface area contributed by atoms with E-state index in [1.165, 1.54) is 24.3 Å². The Morgan fingerprint density at radius 3 is 1.22 bits per heavy atom. The number of carbonyl (C=O) groups is 2. The minimum atomic E-state index is -1.27. The van der Waals surface area contributed by atoms with E-state index in [9.17, 15) is 19.8 Å². The second kappa shape index (κ2) is 11.9. The van der Waals surface area contributed by atoms with Crippen LogP contribution in [0, 0.1) is 0 Å². The number of benzene rings is 2. The predicted molar refractivity (Wildman–Crippen MR) is 89.6 cm³/mol. The number of carbonyl (C=O) groups excluding carboxylic acids is 2. The first-order valence-electron chi connectivity index (χ1n) is 7.67. The number of nitrogens with two attached hydrogens (primary N) is 2. The molecule has 1 radical (unpaired) electrons. The van der Waals surface area contributed by atoms with Gasteiger partial charge in [-0.1, -0.05) is 24.3 Å². The molecule has 149 valence electrons. The Balaban J connectivity index is 0.000000483. The summed E-state index contributed by atoms with van der Waals surface area (Å²) in [4.78, 5) is 20.6. The molecule has 2 aromatic rings. The van der Waals surface area contributed by atoms with Gasteiger partial charge in [-0.15, -0.1) is 0 Å². The van der Waals surface area contributed by atoms with Crippen LogP contribution in [0.1, 0.15) is 11.1 Å². The number of aliphatic carboxylic acids is 2. The smallest absolute Gasteiger partial charge is 0.548 e. The summed E-state index contributed by atoms with van der Waals surface area (Å²) in [5, 5.41) is 38.5. The van der Waals surface area contributed by atoms with Crippen molar-refractivity contribution in [3.63, 3.8) is 0 Å². The molecule has 27 heavy (non-hydrogen) atoms. The van der Waals surface area contributed by atoms with Crippen LogP contribution in [0.25, 0.3) is 0 Å². The maximum atomic E-state index is 10.3. The molecule has 8 nitrogen and oxygen atoms in total. The zero-order valence-electron chi connectivity index (χ0n) is 14.2. The molecule has 0 fully saturated rings. The van der Waals surface area contributed by atoms with E-state index in [2.05, 4.69) is 0 Å². The summed E-state index contributed by atoms with van der Waals surface area (Å²) in [6.45, 7) is 0. The third-order valence-electron chi connectivity index (χ3n) is 3.39. The van der Waals surface area contributed by atoms with Gasteiger partial charge in [0.1, 0.15) is 11.5 Å². The molecule has 0 saturated carbocycles. The molecule has 0 spiro atoms.